The first-order valence-corrected chi connectivity index (χ1v) is 7.43. The van der Waals surface area contributed by atoms with Crippen LogP contribution < -0.4 is 5.32 Å². The Balaban J connectivity index is 0.00000147. The van der Waals surface area contributed by atoms with Crippen LogP contribution in [0, 0.1) is 18.7 Å². The third-order valence-corrected chi connectivity index (χ3v) is 4.52. The molecule has 2 aliphatic rings. The van der Waals surface area contributed by atoms with E-state index in [0.717, 1.165) is 37.5 Å². The molecule has 20 heavy (non-hydrogen) atoms. The van der Waals surface area contributed by atoms with Crippen molar-refractivity contribution in [2.24, 2.45) is 5.92 Å². The van der Waals surface area contributed by atoms with Gasteiger partial charge in [-0.15, -0.1) is 12.4 Å². The van der Waals surface area contributed by atoms with Crippen molar-refractivity contribution in [1.82, 2.24) is 10.2 Å². The fourth-order valence-electron chi connectivity index (χ4n) is 3.47. The van der Waals surface area contributed by atoms with Gasteiger partial charge in [0.15, 0.2) is 0 Å². The Hall–Kier alpha value is -0.640. The highest BCUT2D eigenvalue weighted by atomic mass is 35.5. The van der Waals surface area contributed by atoms with Crippen LogP contribution in [0.2, 0.25) is 0 Å². The largest absolute Gasteiger partial charge is 0.316 e. The van der Waals surface area contributed by atoms with Crippen LogP contribution >= 0.6 is 12.4 Å². The molecule has 4 heteroatoms. The van der Waals surface area contributed by atoms with E-state index in [1.165, 1.54) is 37.1 Å². The molecule has 112 valence electrons. The van der Waals surface area contributed by atoms with E-state index in [2.05, 4.69) is 10.2 Å². The van der Waals surface area contributed by atoms with Crippen molar-refractivity contribution < 1.29 is 4.39 Å². The zero-order valence-corrected chi connectivity index (χ0v) is 12.9. The summed E-state index contributed by atoms with van der Waals surface area (Å²) < 4.78 is 13.4. The van der Waals surface area contributed by atoms with Gasteiger partial charge < -0.3 is 5.32 Å². The minimum atomic E-state index is -0.0822. The molecule has 1 saturated heterocycles. The van der Waals surface area contributed by atoms with Crippen molar-refractivity contribution in [3.05, 3.63) is 34.6 Å². The molecule has 1 aromatic carbocycles. The zero-order valence-electron chi connectivity index (χ0n) is 12.1. The van der Waals surface area contributed by atoms with E-state index in [-0.39, 0.29) is 18.2 Å². The van der Waals surface area contributed by atoms with E-state index >= 15 is 0 Å². The first kappa shape index (κ1) is 15.7. The van der Waals surface area contributed by atoms with Crippen molar-refractivity contribution in [3.8, 4) is 0 Å². The molecule has 1 aromatic rings. The van der Waals surface area contributed by atoms with Crippen LogP contribution in [0.1, 0.15) is 29.5 Å². The number of nitrogens with one attached hydrogen (secondary N) is 1. The lowest BCUT2D eigenvalue weighted by Crippen LogP contribution is -2.40. The SMILES string of the molecule is Cc1cc(F)cc2c1CN(CC1CCCNC1)CC2.Cl. The predicted octanol–water partition coefficient (Wildman–Crippen LogP) is 2.91. The van der Waals surface area contributed by atoms with E-state index in [9.17, 15) is 4.39 Å². The van der Waals surface area contributed by atoms with Gasteiger partial charge in [-0.25, -0.2) is 4.39 Å². The predicted molar refractivity (Wildman–Crippen MR) is 83.0 cm³/mol. The van der Waals surface area contributed by atoms with Crippen LogP contribution in [0.15, 0.2) is 12.1 Å². The Morgan fingerprint density at radius 3 is 3.00 bits per heavy atom. The average Bonchev–Trinajstić information content (AvgIpc) is 2.40. The number of nitrogens with zero attached hydrogens (tertiary/aromatic N) is 1. The molecule has 0 saturated carbocycles. The molecule has 1 fully saturated rings. The van der Waals surface area contributed by atoms with Crippen molar-refractivity contribution >= 4 is 12.4 Å². The number of aryl methyl sites for hydroxylation is 1. The number of piperidine rings is 1. The molecule has 2 nitrogen and oxygen atoms in total. The maximum absolute atomic E-state index is 13.4. The normalized spacial score (nSPS) is 23.0. The summed E-state index contributed by atoms with van der Waals surface area (Å²) in [6.07, 6.45) is 3.65. The summed E-state index contributed by atoms with van der Waals surface area (Å²) in [5.74, 6) is 0.706. The van der Waals surface area contributed by atoms with E-state index in [4.69, 9.17) is 0 Å². The van der Waals surface area contributed by atoms with Gasteiger partial charge in [-0.2, -0.15) is 0 Å². The minimum Gasteiger partial charge on any atom is -0.316 e. The molecular weight excluding hydrogens is 275 g/mol. The summed E-state index contributed by atoms with van der Waals surface area (Å²) in [5.41, 5.74) is 3.69. The van der Waals surface area contributed by atoms with E-state index < -0.39 is 0 Å². The number of rotatable bonds is 2. The zero-order chi connectivity index (χ0) is 13.2. The maximum Gasteiger partial charge on any atom is 0.123 e. The van der Waals surface area contributed by atoms with E-state index in [1.807, 2.05) is 6.92 Å². The fourth-order valence-corrected chi connectivity index (χ4v) is 3.47. The minimum absolute atomic E-state index is 0. The van der Waals surface area contributed by atoms with Gasteiger partial charge in [0.1, 0.15) is 5.82 Å². The topological polar surface area (TPSA) is 15.3 Å². The molecule has 2 heterocycles. The molecular formula is C16H24ClFN2. The number of fused-ring (bicyclic) bond motifs is 1. The average molecular weight is 299 g/mol. The Morgan fingerprint density at radius 1 is 1.40 bits per heavy atom. The Morgan fingerprint density at radius 2 is 2.25 bits per heavy atom. The summed E-state index contributed by atoms with van der Waals surface area (Å²) in [5, 5.41) is 3.49. The number of hydrogen-bond acceptors (Lipinski definition) is 2. The smallest absolute Gasteiger partial charge is 0.123 e. The second-order valence-corrected chi connectivity index (χ2v) is 6.06. The van der Waals surface area contributed by atoms with Crippen LogP contribution in [0.4, 0.5) is 4.39 Å². The van der Waals surface area contributed by atoms with Gasteiger partial charge in [0, 0.05) is 19.6 Å². The summed E-state index contributed by atoms with van der Waals surface area (Å²) in [7, 11) is 0. The molecule has 0 bridgehead atoms. The highest BCUT2D eigenvalue weighted by Crippen LogP contribution is 2.25. The highest BCUT2D eigenvalue weighted by molar-refractivity contribution is 5.85. The first-order chi connectivity index (χ1) is 9.22. The van der Waals surface area contributed by atoms with Crippen LogP contribution in [-0.4, -0.2) is 31.1 Å². The lowest BCUT2D eigenvalue weighted by Gasteiger charge is -2.34. The van der Waals surface area contributed by atoms with Crippen LogP contribution in [-0.2, 0) is 13.0 Å². The molecule has 0 aliphatic carbocycles. The fraction of sp³-hybridized carbons (Fsp3) is 0.625. The summed E-state index contributed by atoms with van der Waals surface area (Å²) in [6, 6.07) is 3.40. The molecule has 0 aromatic heterocycles. The molecule has 0 amide bonds. The lowest BCUT2D eigenvalue weighted by molar-refractivity contribution is 0.193. The van der Waals surface area contributed by atoms with Crippen LogP contribution in [0.25, 0.3) is 0 Å². The number of hydrogen-bond donors (Lipinski definition) is 1. The molecule has 0 radical (unpaired) electrons. The molecule has 0 spiro atoms. The second-order valence-electron chi connectivity index (χ2n) is 6.06. The third-order valence-electron chi connectivity index (χ3n) is 4.52. The maximum atomic E-state index is 13.4. The summed E-state index contributed by atoms with van der Waals surface area (Å²) in [4.78, 5) is 2.55. The van der Waals surface area contributed by atoms with Gasteiger partial charge in [-0.1, -0.05) is 0 Å². The van der Waals surface area contributed by atoms with Gasteiger partial charge in [0.05, 0.1) is 0 Å². The molecule has 3 rings (SSSR count). The van der Waals surface area contributed by atoms with Crippen molar-refractivity contribution in [1.29, 1.82) is 0 Å². The van der Waals surface area contributed by atoms with Gasteiger partial charge in [0.25, 0.3) is 0 Å². The Labute approximate surface area is 127 Å². The number of halogens is 2. The van der Waals surface area contributed by atoms with E-state index in [0.29, 0.717) is 0 Å². The summed E-state index contributed by atoms with van der Waals surface area (Å²) >= 11 is 0. The molecule has 1 unspecified atom stereocenters. The molecule has 2 aliphatic heterocycles. The molecule has 1 N–H and O–H groups in total. The number of benzene rings is 1. The second kappa shape index (κ2) is 6.88. The van der Waals surface area contributed by atoms with Gasteiger partial charge in [-0.05, 0) is 74.0 Å². The van der Waals surface area contributed by atoms with Gasteiger partial charge in [0.2, 0.25) is 0 Å². The van der Waals surface area contributed by atoms with Crippen LogP contribution in [0.5, 0.6) is 0 Å². The van der Waals surface area contributed by atoms with E-state index in [1.54, 1.807) is 12.1 Å². The lowest BCUT2D eigenvalue weighted by atomic mass is 9.93. The molecule has 1 atom stereocenters. The van der Waals surface area contributed by atoms with Gasteiger partial charge in [-0.3, -0.25) is 4.90 Å². The standard InChI is InChI=1S/C16H23FN2.ClH/c1-12-7-15(17)8-14-4-6-19(11-16(12)14)10-13-3-2-5-18-9-13;/h7-8,13,18H,2-6,9-11H2,1H3;1H. The van der Waals surface area contributed by atoms with Crippen LogP contribution in [0.3, 0.4) is 0 Å². The third kappa shape index (κ3) is 3.51. The monoisotopic (exact) mass is 298 g/mol. The first-order valence-electron chi connectivity index (χ1n) is 7.43. The Kier molecular flexibility index (Phi) is 5.42. The summed E-state index contributed by atoms with van der Waals surface area (Å²) in [6.45, 7) is 7.63. The highest BCUT2D eigenvalue weighted by Gasteiger charge is 2.22. The van der Waals surface area contributed by atoms with Gasteiger partial charge >= 0.3 is 0 Å². The quantitative estimate of drug-likeness (QED) is 0.903. The van der Waals surface area contributed by atoms with Crippen molar-refractivity contribution in [3.63, 3.8) is 0 Å². The van der Waals surface area contributed by atoms with Crippen molar-refractivity contribution in [2.75, 3.05) is 26.2 Å². The Bertz CT molecular complexity index is 458. The van der Waals surface area contributed by atoms with Crippen molar-refractivity contribution in [2.45, 2.75) is 32.7 Å².